The summed E-state index contributed by atoms with van der Waals surface area (Å²) >= 11 is 30.8. The molecule has 0 bridgehead atoms. The van der Waals surface area contributed by atoms with E-state index in [4.69, 9.17) is 0 Å². The van der Waals surface area contributed by atoms with Gasteiger partial charge in [0.05, 0.1) is 4.08 Å². The number of rotatable bonds is 9. The molecule has 110 valence electrons. The van der Waals surface area contributed by atoms with Gasteiger partial charge in [0.2, 0.25) is 0 Å². The number of hydrogen-bond donors (Lipinski definition) is 7. The van der Waals surface area contributed by atoms with E-state index in [-0.39, 0.29) is 0 Å². The van der Waals surface area contributed by atoms with Crippen LogP contribution in [0, 0.1) is 0 Å². The summed E-state index contributed by atoms with van der Waals surface area (Å²) in [6.07, 6.45) is 6.32. The Labute approximate surface area is 150 Å². The molecule has 0 aliphatic rings. The molecule has 0 rings (SSSR count). The van der Waals surface area contributed by atoms with Gasteiger partial charge in [0, 0.05) is 5.25 Å². The molecule has 0 radical (unpaired) electrons. The molecule has 0 N–H and O–H groups in total. The van der Waals surface area contributed by atoms with E-state index < -0.39 is 7.49 Å². The van der Waals surface area contributed by atoms with E-state index in [1.165, 1.54) is 6.42 Å². The van der Waals surface area contributed by atoms with Crippen LogP contribution in [0.4, 0.5) is 0 Å². The zero-order valence-electron chi connectivity index (χ0n) is 10.5. The highest BCUT2D eigenvalue weighted by atomic mass is 32.2. The van der Waals surface area contributed by atoms with Gasteiger partial charge >= 0.3 is 0 Å². The molecule has 0 heterocycles. The predicted octanol–water partition coefficient (Wildman–Crippen LogP) is 4.94. The normalized spacial score (nSPS) is 16.7. The van der Waals surface area contributed by atoms with Crippen LogP contribution in [0.25, 0.3) is 0 Å². The van der Waals surface area contributed by atoms with Crippen LogP contribution in [-0.4, -0.2) is 18.0 Å². The maximum atomic E-state index is 4.60. The van der Waals surface area contributed by atoms with Crippen LogP contribution in [-0.2, 0) is 0 Å². The summed E-state index contributed by atoms with van der Waals surface area (Å²) < 4.78 is -1.40. The standard InChI is InChI=1S/C11H24S7/c1-8(12)4-2-5-9(13)6-3-7-10(14,15)11(16,17)18/h8-9,12-18H,2-7H2,1H3. The van der Waals surface area contributed by atoms with Crippen molar-refractivity contribution in [3.63, 3.8) is 0 Å². The Kier molecular flexibility index (Phi) is 10.8. The molecule has 0 aliphatic carbocycles. The molecular formula is C11H24S7. The molecule has 0 aromatic carbocycles. The lowest BCUT2D eigenvalue weighted by Gasteiger charge is -2.34. The van der Waals surface area contributed by atoms with Gasteiger partial charge in [-0.05, 0) is 30.9 Å². The maximum Gasteiger partial charge on any atom is 0.122 e. The van der Waals surface area contributed by atoms with Crippen LogP contribution < -0.4 is 0 Å². The van der Waals surface area contributed by atoms with Crippen molar-refractivity contribution in [2.45, 2.75) is 63.4 Å². The van der Waals surface area contributed by atoms with Crippen molar-refractivity contribution in [3.05, 3.63) is 0 Å². The van der Waals surface area contributed by atoms with Gasteiger partial charge in [0.25, 0.3) is 0 Å². The summed E-state index contributed by atoms with van der Waals surface area (Å²) in [7, 11) is 0. The summed E-state index contributed by atoms with van der Waals surface area (Å²) in [5.41, 5.74) is 0. The van der Waals surface area contributed by atoms with Crippen molar-refractivity contribution in [1.82, 2.24) is 0 Å². The van der Waals surface area contributed by atoms with Gasteiger partial charge in [-0.15, -0.1) is 37.9 Å². The molecule has 18 heavy (non-hydrogen) atoms. The van der Waals surface area contributed by atoms with Crippen molar-refractivity contribution in [3.8, 4) is 0 Å². The lowest BCUT2D eigenvalue weighted by molar-refractivity contribution is 0.582. The molecule has 0 aromatic heterocycles. The monoisotopic (exact) mass is 380 g/mol. The molecule has 7 heteroatoms. The first-order valence-corrected chi connectivity index (χ1v) is 9.31. The van der Waals surface area contributed by atoms with E-state index in [1.807, 2.05) is 0 Å². The topological polar surface area (TPSA) is 0 Å². The Bertz CT molecular complexity index is 222. The van der Waals surface area contributed by atoms with Crippen molar-refractivity contribution >= 4 is 88.4 Å². The van der Waals surface area contributed by atoms with Gasteiger partial charge in [-0.25, -0.2) is 0 Å². The summed E-state index contributed by atoms with van der Waals surface area (Å²) in [4.78, 5) is 0. The summed E-state index contributed by atoms with van der Waals surface area (Å²) in [6.45, 7) is 2.12. The number of thiol groups is 7. The van der Waals surface area contributed by atoms with E-state index in [1.54, 1.807) is 0 Å². The molecule has 2 unspecified atom stereocenters. The summed E-state index contributed by atoms with van der Waals surface area (Å²) in [5, 5.41) is 0.912. The molecule has 0 saturated carbocycles. The first kappa shape index (κ1) is 20.5. The molecule has 0 amide bonds. The van der Waals surface area contributed by atoms with Crippen LogP contribution in [0.5, 0.6) is 0 Å². The molecule has 0 nitrogen and oxygen atoms in total. The van der Waals surface area contributed by atoms with Crippen LogP contribution >= 0.6 is 88.4 Å². The Morgan fingerprint density at radius 1 is 0.833 bits per heavy atom. The first-order chi connectivity index (χ1) is 8.06. The minimum absolute atomic E-state index is 0.434. The Hall–Kier alpha value is 2.45. The zero-order valence-corrected chi connectivity index (χ0v) is 16.8. The van der Waals surface area contributed by atoms with Gasteiger partial charge in [0.1, 0.15) is 3.41 Å². The second kappa shape index (κ2) is 9.46. The fourth-order valence-corrected chi connectivity index (χ4v) is 2.74. The molecule has 0 saturated heterocycles. The summed E-state index contributed by atoms with van der Waals surface area (Å²) in [6, 6.07) is 0. The van der Waals surface area contributed by atoms with E-state index in [0.29, 0.717) is 10.5 Å². The third-order valence-electron chi connectivity index (χ3n) is 2.76. The predicted molar refractivity (Wildman–Crippen MR) is 109 cm³/mol. The molecule has 0 spiro atoms. The van der Waals surface area contributed by atoms with E-state index in [0.717, 1.165) is 32.1 Å². The van der Waals surface area contributed by atoms with Crippen molar-refractivity contribution in [2.24, 2.45) is 0 Å². The van der Waals surface area contributed by atoms with Crippen molar-refractivity contribution in [2.75, 3.05) is 0 Å². The Morgan fingerprint density at radius 3 is 1.78 bits per heavy atom. The average Bonchev–Trinajstić information content (AvgIpc) is 2.14. The highest BCUT2D eigenvalue weighted by Crippen LogP contribution is 2.47. The van der Waals surface area contributed by atoms with Gasteiger partial charge < -0.3 is 0 Å². The Morgan fingerprint density at radius 2 is 1.33 bits per heavy atom. The number of hydrogen-bond acceptors (Lipinski definition) is 7. The van der Waals surface area contributed by atoms with E-state index in [9.17, 15) is 0 Å². The maximum absolute atomic E-state index is 4.60. The highest BCUT2D eigenvalue weighted by Gasteiger charge is 2.37. The fourth-order valence-electron chi connectivity index (χ4n) is 1.55. The summed E-state index contributed by atoms with van der Waals surface area (Å²) in [5.74, 6) is 0. The largest absolute Gasteiger partial charge is 0.176 e. The van der Waals surface area contributed by atoms with Crippen LogP contribution in [0.15, 0.2) is 0 Å². The zero-order chi connectivity index (χ0) is 14.4. The SMILES string of the molecule is CC(S)CCCC(S)CCCC(S)(S)C(S)(S)S. The van der Waals surface area contributed by atoms with Crippen LogP contribution in [0.3, 0.4) is 0 Å². The van der Waals surface area contributed by atoms with Crippen molar-refractivity contribution in [1.29, 1.82) is 0 Å². The third-order valence-corrected chi connectivity index (χ3v) is 6.86. The van der Waals surface area contributed by atoms with Gasteiger partial charge in [0.15, 0.2) is 0 Å². The van der Waals surface area contributed by atoms with Crippen LogP contribution in [0.2, 0.25) is 0 Å². The minimum atomic E-state index is -0.799. The average molecular weight is 381 g/mol. The quantitative estimate of drug-likeness (QED) is 0.214. The van der Waals surface area contributed by atoms with Gasteiger partial charge in [-0.1, -0.05) is 19.8 Å². The second-order valence-corrected chi connectivity index (χ2v) is 11.3. The highest BCUT2D eigenvalue weighted by molar-refractivity contribution is 8.20. The fraction of sp³-hybridized carbons (Fsp3) is 1.00. The molecule has 0 fully saturated rings. The van der Waals surface area contributed by atoms with Gasteiger partial charge in [-0.3, -0.25) is 0 Å². The lowest BCUT2D eigenvalue weighted by Crippen LogP contribution is -2.31. The molecular weight excluding hydrogens is 357 g/mol. The molecule has 0 aromatic rings. The molecule has 0 aliphatic heterocycles. The second-order valence-electron chi connectivity index (χ2n) is 4.78. The first-order valence-electron chi connectivity index (χ1n) is 6.04. The third kappa shape index (κ3) is 9.40. The smallest absolute Gasteiger partial charge is 0.122 e. The molecule has 2 atom stereocenters. The van der Waals surface area contributed by atoms with Crippen LogP contribution in [0.1, 0.15) is 45.4 Å². The van der Waals surface area contributed by atoms with E-state index >= 15 is 0 Å². The minimum Gasteiger partial charge on any atom is -0.176 e. The van der Waals surface area contributed by atoms with Crippen molar-refractivity contribution < 1.29 is 0 Å². The van der Waals surface area contributed by atoms with E-state index in [2.05, 4.69) is 95.3 Å². The lowest BCUT2D eigenvalue weighted by atomic mass is 10.1. The van der Waals surface area contributed by atoms with Gasteiger partial charge in [-0.2, -0.15) is 50.5 Å². The Balaban J connectivity index is 3.77.